The number of rotatable bonds is 5. The number of esters is 1. The molecule has 0 amide bonds. The van der Waals surface area contributed by atoms with Crippen LogP contribution >= 0.6 is 0 Å². The van der Waals surface area contributed by atoms with Crippen molar-refractivity contribution in [2.24, 2.45) is 5.73 Å². The highest BCUT2D eigenvalue weighted by molar-refractivity contribution is 5.69. The third-order valence-electron chi connectivity index (χ3n) is 2.14. The molecular formula is C12H18N2O2. The number of pyridine rings is 1. The summed E-state index contributed by atoms with van der Waals surface area (Å²) in [6.07, 6.45) is 4.27. The molecule has 1 rings (SSSR count). The fourth-order valence-electron chi connectivity index (χ4n) is 1.36. The molecule has 1 atom stereocenters. The highest BCUT2D eigenvalue weighted by atomic mass is 16.5. The van der Waals surface area contributed by atoms with E-state index in [0.29, 0.717) is 12.8 Å². The normalized spacial score (nSPS) is 12.5. The molecule has 16 heavy (non-hydrogen) atoms. The van der Waals surface area contributed by atoms with Gasteiger partial charge >= 0.3 is 5.97 Å². The standard InChI is InChI=1S/C12H18N2O2/c1-9(2)16-12(15)6-5-11(13)10-4-3-7-14-8-10/h3-4,7-9,11H,5-6,13H2,1-2H3. The van der Waals surface area contributed by atoms with E-state index in [1.54, 1.807) is 12.4 Å². The molecule has 0 aliphatic heterocycles. The van der Waals surface area contributed by atoms with Crippen molar-refractivity contribution in [3.8, 4) is 0 Å². The van der Waals surface area contributed by atoms with Crippen molar-refractivity contribution in [1.29, 1.82) is 0 Å². The molecule has 0 saturated carbocycles. The van der Waals surface area contributed by atoms with Crippen molar-refractivity contribution in [2.45, 2.75) is 38.8 Å². The molecular weight excluding hydrogens is 204 g/mol. The van der Waals surface area contributed by atoms with Crippen LogP contribution in [0.4, 0.5) is 0 Å². The molecule has 0 aliphatic carbocycles. The molecule has 1 aromatic heterocycles. The molecule has 0 aliphatic rings. The van der Waals surface area contributed by atoms with E-state index in [0.717, 1.165) is 5.56 Å². The molecule has 2 N–H and O–H groups in total. The third kappa shape index (κ3) is 4.40. The molecule has 0 saturated heterocycles. The molecule has 0 fully saturated rings. The lowest BCUT2D eigenvalue weighted by atomic mass is 10.1. The monoisotopic (exact) mass is 222 g/mol. The summed E-state index contributed by atoms with van der Waals surface area (Å²) in [6, 6.07) is 3.58. The Hall–Kier alpha value is -1.42. The number of nitrogens with two attached hydrogens (primary N) is 1. The van der Waals surface area contributed by atoms with Gasteiger partial charge in [-0.05, 0) is 31.9 Å². The van der Waals surface area contributed by atoms with Gasteiger partial charge in [0.25, 0.3) is 0 Å². The summed E-state index contributed by atoms with van der Waals surface area (Å²) in [7, 11) is 0. The van der Waals surface area contributed by atoms with Crippen molar-refractivity contribution >= 4 is 5.97 Å². The minimum atomic E-state index is -0.200. The number of carbonyl (C=O) groups is 1. The Morgan fingerprint density at radius 1 is 1.56 bits per heavy atom. The van der Waals surface area contributed by atoms with Gasteiger partial charge < -0.3 is 10.5 Å². The molecule has 1 heterocycles. The Kier molecular flexibility index (Phi) is 4.92. The quantitative estimate of drug-likeness (QED) is 0.772. The average molecular weight is 222 g/mol. The minimum Gasteiger partial charge on any atom is -0.463 e. The number of nitrogens with zero attached hydrogens (tertiary/aromatic N) is 1. The molecule has 1 aromatic rings. The van der Waals surface area contributed by atoms with E-state index in [-0.39, 0.29) is 18.1 Å². The van der Waals surface area contributed by atoms with Gasteiger partial charge in [-0.25, -0.2) is 0 Å². The molecule has 4 heteroatoms. The van der Waals surface area contributed by atoms with Gasteiger partial charge in [0.15, 0.2) is 0 Å². The van der Waals surface area contributed by atoms with Gasteiger partial charge in [0.1, 0.15) is 0 Å². The highest BCUT2D eigenvalue weighted by Crippen LogP contribution is 2.14. The molecule has 0 spiro atoms. The lowest BCUT2D eigenvalue weighted by Gasteiger charge is -2.12. The van der Waals surface area contributed by atoms with Crippen LogP contribution in [0, 0.1) is 0 Å². The van der Waals surface area contributed by atoms with Crippen molar-refractivity contribution in [3.63, 3.8) is 0 Å². The predicted molar refractivity (Wildman–Crippen MR) is 61.6 cm³/mol. The first kappa shape index (κ1) is 12.6. The highest BCUT2D eigenvalue weighted by Gasteiger charge is 2.10. The summed E-state index contributed by atoms with van der Waals surface area (Å²) in [5, 5.41) is 0. The summed E-state index contributed by atoms with van der Waals surface area (Å²) >= 11 is 0. The van der Waals surface area contributed by atoms with E-state index in [4.69, 9.17) is 10.5 Å². The molecule has 88 valence electrons. The second-order valence-corrected chi connectivity index (χ2v) is 3.97. The van der Waals surface area contributed by atoms with Crippen molar-refractivity contribution in [3.05, 3.63) is 30.1 Å². The van der Waals surface area contributed by atoms with Crippen LogP contribution in [0.1, 0.15) is 38.3 Å². The van der Waals surface area contributed by atoms with Crippen molar-refractivity contribution < 1.29 is 9.53 Å². The zero-order valence-corrected chi connectivity index (χ0v) is 9.72. The largest absolute Gasteiger partial charge is 0.463 e. The van der Waals surface area contributed by atoms with E-state index in [9.17, 15) is 4.79 Å². The summed E-state index contributed by atoms with van der Waals surface area (Å²) < 4.78 is 5.03. The molecule has 0 aromatic carbocycles. The topological polar surface area (TPSA) is 65.2 Å². The van der Waals surface area contributed by atoms with Crippen molar-refractivity contribution in [1.82, 2.24) is 4.98 Å². The summed E-state index contributed by atoms with van der Waals surface area (Å²) in [4.78, 5) is 15.3. The van der Waals surface area contributed by atoms with Crippen LogP contribution in [-0.2, 0) is 9.53 Å². The third-order valence-corrected chi connectivity index (χ3v) is 2.14. The summed E-state index contributed by atoms with van der Waals surface area (Å²) in [5.74, 6) is -0.200. The Morgan fingerprint density at radius 3 is 2.88 bits per heavy atom. The molecule has 1 unspecified atom stereocenters. The fraction of sp³-hybridized carbons (Fsp3) is 0.500. The number of aromatic nitrogens is 1. The van der Waals surface area contributed by atoms with Crippen LogP contribution in [0.3, 0.4) is 0 Å². The van der Waals surface area contributed by atoms with Gasteiger partial charge in [0.05, 0.1) is 6.10 Å². The molecule has 0 radical (unpaired) electrons. The van der Waals surface area contributed by atoms with Crippen molar-refractivity contribution in [2.75, 3.05) is 0 Å². The summed E-state index contributed by atoms with van der Waals surface area (Å²) in [6.45, 7) is 3.66. The van der Waals surface area contributed by atoms with Gasteiger partial charge in [-0.15, -0.1) is 0 Å². The van der Waals surface area contributed by atoms with E-state index in [1.807, 2.05) is 26.0 Å². The van der Waals surface area contributed by atoms with Gasteiger partial charge in [-0.2, -0.15) is 0 Å². The number of hydrogen-bond acceptors (Lipinski definition) is 4. The zero-order chi connectivity index (χ0) is 12.0. The fourth-order valence-corrected chi connectivity index (χ4v) is 1.36. The van der Waals surface area contributed by atoms with Gasteiger partial charge in [0, 0.05) is 24.9 Å². The van der Waals surface area contributed by atoms with E-state index in [1.165, 1.54) is 0 Å². The van der Waals surface area contributed by atoms with Crippen LogP contribution in [0.25, 0.3) is 0 Å². The van der Waals surface area contributed by atoms with Crippen LogP contribution in [0.2, 0.25) is 0 Å². The van der Waals surface area contributed by atoms with E-state index in [2.05, 4.69) is 4.98 Å². The first-order chi connectivity index (χ1) is 7.59. The number of ether oxygens (including phenoxy) is 1. The van der Waals surface area contributed by atoms with Gasteiger partial charge in [0.2, 0.25) is 0 Å². The Balaban J connectivity index is 2.36. The Bertz CT molecular complexity index is 325. The van der Waals surface area contributed by atoms with Crippen LogP contribution in [0.15, 0.2) is 24.5 Å². The Morgan fingerprint density at radius 2 is 2.31 bits per heavy atom. The smallest absolute Gasteiger partial charge is 0.306 e. The van der Waals surface area contributed by atoms with Crippen LogP contribution in [-0.4, -0.2) is 17.1 Å². The first-order valence-electron chi connectivity index (χ1n) is 5.44. The van der Waals surface area contributed by atoms with Gasteiger partial charge in [-0.1, -0.05) is 6.07 Å². The Labute approximate surface area is 95.8 Å². The lowest BCUT2D eigenvalue weighted by Crippen LogP contribution is -2.16. The molecule has 4 nitrogen and oxygen atoms in total. The second-order valence-electron chi connectivity index (χ2n) is 3.97. The maximum Gasteiger partial charge on any atom is 0.306 e. The number of carbonyl (C=O) groups excluding carboxylic acids is 1. The maximum atomic E-state index is 11.3. The zero-order valence-electron chi connectivity index (χ0n) is 9.72. The lowest BCUT2D eigenvalue weighted by molar-refractivity contribution is -0.147. The van der Waals surface area contributed by atoms with Crippen LogP contribution in [0.5, 0.6) is 0 Å². The predicted octanol–water partition coefficient (Wildman–Crippen LogP) is 1.81. The SMILES string of the molecule is CC(C)OC(=O)CCC(N)c1cccnc1. The second kappa shape index (κ2) is 6.23. The minimum absolute atomic E-state index is 0.0675. The first-order valence-corrected chi connectivity index (χ1v) is 5.44. The van der Waals surface area contributed by atoms with E-state index < -0.39 is 0 Å². The number of hydrogen-bond donors (Lipinski definition) is 1. The maximum absolute atomic E-state index is 11.3. The van der Waals surface area contributed by atoms with Gasteiger partial charge in [-0.3, -0.25) is 9.78 Å². The summed E-state index contributed by atoms with van der Waals surface area (Å²) in [5.41, 5.74) is 6.87. The van der Waals surface area contributed by atoms with E-state index >= 15 is 0 Å². The molecule has 0 bridgehead atoms. The van der Waals surface area contributed by atoms with Crippen LogP contribution < -0.4 is 5.73 Å². The average Bonchev–Trinajstić information content (AvgIpc) is 2.26.